The number of imidazole rings is 1. The summed E-state index contributed by atoms with van der Waals surface area (Å²) in [6.45, 7) is 5.06. The molecule has 0 amide bonds. The van der Waals surface area contributed by atoms with E-state index in [0.29, 0.717) is 22.4 Å². The number of ether oxygens (including phenoxy) is 2. The lowest BCUT2D eigenvalue weighted by Crippen LogP contribution is -2.36. The molecule has 8 nitrogen and oxygen atoms in total. The molecule has 3 heterocycles. The summed E-state index contributed by atoms with van der Waals surface area (Å²) in [5.74, 6) is -0.846. The number of hydrogen-bond donors (Lipinski definition) is 2. The highest BCUT2D eigenvalue weighted by atomic mass is 35.5. The van der Waals surface area contributed by atoms with Gasteiger partial charge in [0.1, 0.15) is 6.10 Å². The molecule has 1 atom stereocenters. The summed E-state index contributed by atoms with van der Waals surface area (Å²) in [7, 11) is 0. The van der Waals surface area contributed by atoms with Crippen molar-refractivity contribution in [2.24, 2.45) is 11.8 Å². The van der Waals surface area contributed by atoms with Crippen LogP contribution < -0.4 is 9.64 Å². The van der Waals surface area contributed by atoms with E-state index in [1.807, 2.05) is 18.2 Å². The minimum Gasteiger partial charge on any atom is -0.481 e. The Morgan fingerprint density at radius 3 is 2.56 bits per heavy atom. The normalized spacial score (nSPS) is 22.0. The third-order valence-electron chi connectivity index (χ3n) is 7.02. The predicted octanol–water partition coefficient (Wildman–Crippen LogP) is 4.77. The molecule has 34 heavy (non-hydrogen) atoms. The minimum atomic E-state index is -0.726. The fraction of sp³-hybridized carbons (Fsp3) is 0.480. The maximum atomic E-state index is 11.2. The van der Waals surface area contributed by atoms with E-state index in [4.69, 9.17) is 26.1 Å². The molecule has 1 aromatic carbocycles. The summed E-state index contributed by atoms with van der Waals surface area (Å²) in [5.41, 5.74) is 4.05. The molecule has 2 aromatic heterocycles. The number of nitrogens with one attached hydrogen (secondary N) is 1. The standard InChI is InChI=1S/C25H29ClN4O4/c1-15(24(31)32)16-4-8-19(9-5-16)34-25-27-21-14-20(26)22(28-23(21)29-25)17-2-6-18(7-3-17)30-10-12-33-13-11-30/h2-3,6-7,14-16,19H,4-5,8-13H2,1H3,(H,31,32)(H,27,28,29). The van der Waals surface area contributed by atoms with Crippen molar-refractivity contribution in [3.05, 3.63) is 35.4 Å². The van der Waals surface area contributed by atoms with Crippen LogP contribution in [0, 0.1) is 11.8 Å². The van der Waals surface area contributed by atoms with Gasteiger partial charge in [-0.25, -0.2) is 4.98 Å². The lowest BCUT2D eigenvalue weighted by molar-refractivity contribution is -0.143. The first-order chi connectivity index (χ1) is 16.5. The van der Waals surface area contributed by atoms with E-state index in [1.54, 1.807) is 6.92 Å². The second kappa shape index (κ2) is 9.80. The lowest BCUT2D eigenvalue weighted by atomic mass is 9.80. The molecule has 3 aromatic rings. The third-order valence-corrected chi connectivity index (χ3v) is 7.30. The zero-order chi connectivity index (χ0) is 23.7. The van der Waals surface area contributed by atoms with Crippen LogP contribution >= 0.6 is 11.6 Å². The number of aromatic amines is 1. The molecule has 1 unspecified atom stereocenters. The molecular formula is C25H29ClN4O4. The SMILES string of the molecule is CC(C(=O)O)C1CCC(Oc2nc3nc(-c4ccc(N5CCOCC5)cc4)c(Cl)cc3[nH]2)CC1. The van der Waals surface area contributed by atoms with Crippen molar-refractivity contribution < 1.29 is 19.4 Å². The van der Waals surface area contributed by atoms with Crippen LogP contribution in [0.25, 0.3) is 22.4 Å². The maximum Gasteiger partial charge on any atom is 0.306 e. The number of nitrogens with zero attached hydrogens (tertiary/aromatic N) is 3. The Morgan fingerprint density at radius 2 is 1.88 bits per heavy atom. The number of carbonyl (C=O) groups is 1. The minimum absolute atomic E-state index is 0.0143. The molecule has 1 saturated heterocycles. The van der Waals surface area contributed by atoms with Gasteiger partial charge in [0.15, 0.2) is 5.65 Å². The second-order valence-corrected chi connectivity index (χ2v) is 9.57. The Labute approximate surface area is 203 Å². The molecule has 1 aliphatic heterocycles. The smallest absolute Gasteiger partial charge is 0.306 e. The number of fused-ring (bicyclic) bond motifs is 1. The number of morpholine rings is 1. The van der Waals surface area contributed by atoms with Gasteiger partial charge in [0.25, 0.3) is 6.01 Å². The Hall–Kier alpha value is -2.84. The van der Waals surface area contributed by atoms with Gasteiger partial charge in [-0.2, -0.15) is 4.98 Å². The van der Waals surface area contributed by atoms with Crippen molar-refractivity contribution in [3.63, 3.8) is 0 Å². The van der Waals surface area contributed by atoms with E-state index >= 15 is 0 Å². The van der Waals surface area contributed by atoms with Gasteiger partial charge in [-0.15, -0.1) is 0 Å². The predicted molar refractivity (Wildman–Crippen MR) is 131 cm³/mol. The van der Waals surface area contributed by atoms with Crippen LogP contribution in [0.15, 0.2) is 30.3 Å². The molecular weight excluding hydrogens is 456 g/mol. The van der Waals surface area contributed by atoms with Crippen molar-refractivity contribution in [2.45, 2.75) is 38.7 Å². The van der Waals surface area contributed by atoms with Crippen molar-refractivity contribution in [1.82, 2.24) is 15.0 Å². The molecule has 0 radical (unpaired) electrons. The first-order valence-corrected chi connectivity index (χ1v) is 12.2. The van der Waals surface area contributed by atoms with Gasteiger partial charge < -0.3 is 24.5 Å². The van der Waals surface area contributed by atoms with E-state index in [0.717, 1.165) is 68.8 Å². The highest BCUT2D eigenvalue weighted by molar-refractivity contribution is 6.33. The number of carboxylic acid groups (broad SMARTS) is 1. The van der Waals surface area contributed by atoms with Crippen molar-refractivity contribution in [3.8, 4) is 17.3 Å². The van der Waals surface area contributed by atoms with Crippen LogP contribution in [0.3, 0.4) is 0 Å². The average Bonchev–Trinajstić information content (AvgIpc) is 3.25. The van der Waals surface area contributed by atoms with Gasteiger partial charge in [0.2, 0.25) is 0 Å². The Kier molecular flexibility index (Phi) is 6.61. The number of H-pyrrole nitrogens is 1. The highest BCUT2D eigenvalue weighted by Crippen LogP contribution is 2.34. The number of aromatic nitrogens is 3. The van der Waals surface area contributed by atoms with Crippen molar-refractivity contribution in [2.75, 3.05) is 31.2 Å². The lowest BCUT2D eigenvalue weighted by Gasteiger charge is -2.30. The van der Waals surface area contributed by atoms with Crippen LogP contribution in [-0.2, 0) is 9.53 Å². The van der Waals surface area contributed by atoms with Crippen LogP contribution in [0.2, 0.25) is 5.02 Å². The largest absolute Gasteiger partial charge is 0.481 e. The Morgan fingerprint density at radius 1 is 1.18 bits per heavy atom. The summed E-state index contributed by atoms with van der Waals surface area (Å²) in [4.78, 5) is 26.0. The fourth-order valence-corrected chi connectivity index (χ4v) is 5.13. The van der Waals surface area contributed by atoms with Crippen LogP contribution in [0.1, 0.15) is 32.6 Å². The molecule has 5 rings (SSSR count). The zero-order valence-corrected chi connectivity index (χ0v) is 19.9. The van der Waals surface area contributed by atoms with Gasteiger partial charge >= 0.3 is 5.97 Å². The average molecular weight is 485 g/mol. The number of anilines is 1. The van der Waals surface area contributed by atoms with E-state index in [2.05, 4.69) is 27.0 Å². The van der Waals surface area contributed by atoms with E-state index in [-0.39, 0.29) is 17.9 Å². The molecule has 0 spiro atoms. The summed E-state index contributed by atoms with van der Waals surface area (Å²) in [6, 6.07) is 10.5. The zero-order valence-electron chi connectivity index (χ0n) is 19.2. The third kappa shape index (κ3) is 4.83. The summed E-state index contributed by atoms with van der Waals surface area (Å²) in [5, 5.41) is 9.79. The van der Waals surface area contributed by atoms with Gasteiger partial charge in [0.05, 0.1) is 35.4 Å². The van der Waals surface area contributed by atoms with Gasteiger partial charge in [-0.3, -0.25) is 4.79 Å². The number of rotatable bonds is 6. The Balaban J connectivity index is 1.28. The molecule has 2 fully saturated rings. The number of halogens is 1. The molecule has 2 aliphatic rings. The molecule has 2 N–H and O–H groups in total. The van der Waals surface area contributed by atoms with Crippen molar-refractivity contribution >= 4 is 34.4 Å². The fourth-order valence-electron chi connectivity index (χ4n) is 4.87. The van der Waals surface area contributed by atoms with Gasteiger partial charge in [-0.05, 0) is 49.8 Å². The molecule has 0 bridgehead atoms. The number of carboxylic acids is 1. The van der Waals surface area contributed by atoms with E-state index in [9.17, 15) is 9.90 Å². The molecule has 180 valence electrons. The summed E-state index contributed by atoms with van der Waals surface area (Å²) >= 11 is 6.57. The van der Waals surface area contributed by atoms with Crippen LogP contribution in [-0.4, -0.2) is 58.4 Å². The van der Waals surface area contributed by atoms with Gasteiger partial charge in [-0.1, -0.05) is 30.7 Å². The first kappa shape index (κ1) is 22.9. The van der Waals surface area contributed by atoms with Gasteiger partial charge in [0, 0.05) is 24.3 Å². The first-order valence-electron chi connectivity index (χ1n) is 11.9. The summed E-state index contributed by atoms with van der Waals surface area (Å²) in [6.07, 6.45) is 3.32. The quantitative estimate of drug-likeness (QED) is 0.519. The molecule has 9 heteroatoms. The number of aliphatic carboxylic acids is 1. The highest BCUT2D eigenvalue weighted by Gasteiger charge is 2.30. The van der Waals surface area contributed by atoms with Crippen LogP contribution in [0.4, 0.5) is 5.69 Å². The summed E-state index contributed by atoms with van der Waals surface area (Å²) < 4.78 is 11.5. The Bertz CT molecular complexity index is 1150. The second-order valence-electron chi connectivity index (χ2n) is 9.16. The maximum absolute atomic E-state index is 11.2. The molecule has 1 aliphatic carbocycles. The monoisotopic (exact) mass is 484 g/mol. The van der Waals surface area contributed by atoms with E-state index < -0.39 is 5.97 Å². The number of benzene rings is 1. The van der Waals surface area contributed by atoms with Crippen molar-refractivity contribution in [1.29, 1.82) is 0 Å². The molecule has 1 saturated carbocycles. The van der Waals surface area contributed by atoms with E-state index in [1.165, 1.54) is 0 Å². The number of hydrogen-bond acceptors (Lipinski definition) is 6. The number of pyridine rings is 1. The van der Waals surface area contributed by atoms with Crippen LogP contribution in [0.5, 0.6) is 6.01 Å². The topological polar surface area (TPSA) is 101 Å².